The topological polar surface area (TPSA) is 12.0 Å². The van der Waals surface area contributed by atoms with Crippen molar-refractivity contribution in [3.8, 4) is 0 Å². The summed E-state index contributed by atoms with van der Waals surface area (Å²) in [6.07, 6.45) is 8.46. The van der Waals surface area contributed by atoms with Crippen LogP contribution in [-0.4, -0.2) is 12.6 Å². The maximum Gasteiger partial charge on any atom is 0.0408 e. The van der Waals surface area contributed by atoms with Gasteiger partial charge < -0.3 is 5.32 Å². The van der Waals surface area contributed by atoms with E-state index < -0.39 is 0 Å². The summed E-state index contributed by atoms with van der Waals surface area (Å²) < 4.78 is 0. The summed E-state index contributed by atoms with van der Waals surface area (Å²) in [6, 6.07) is 8.97. The van der Waals surface area contributed by atoms with Crippen molar-refractivity contribution in [1.29, 1.82) is 0 Å². The lowest BCUT2D eigenvalue weighted by molar-refractivity contribution is 0.278. The van der Waals surface area contributed by atoms with E-state index in [0.717, 1.165) is 35.7 Å². The average Bonchev–Trinajstić information content (AvgIpc) is 3.01. The molecule has 0 aromatic heterocycles. The molecule has 2 aliphatic rings. The van der Waals surface area contributed by atoms with Crippen LogP contribution < -0.4 is 5.32 Å². The van der Waals surface area contributed by atoms with Gasteiger partial charge in [0.15, 0.2) is 0 Å². The number of fused-ring (bicyclic) bond motifs is 2. The molecule has 20 heavy (non-hydrogen) atoms. The van der Waals surface area contributed by atoms with Crippen molar-refractivity contribution in [3.63, 3.8) is 0 Å². The first-order valence-electron chi connectivity index (χ1n) is 8.22. The summed E-state index contributed by atoms with van der Waals surface area (Å²) in [5.74, 6) is 3.05. The van der Waals surface area contributed by atoms with Gasteiger partial charge in [0.05, 0.1) is 0 Å². The summed E-state index contributed by atoms with van der Waals surface area (Å²) in [5, 5.41) is 4.55. The first kappa shape index (κ1) is 14.4. The van der Waals surface area contributed by atoms with Crippen molar-refractivity contribution in [2.75, 3.05) is 6.54 Å². The van der Waals surface area contributed by atoms with Crippen molar-refractivity contribution in [1.82, 2.24) is 5.32 Å². The molecule has 2 aliphatic carbocycles. The molecule has 0 heterocycles. The van der Waals surface area contributed by atoms with Crippen molar-refractivity contribution >= 4 is 11.6 Å². The number of likely N-dealkylation sites (N-methyl/N-ethyl adjacent to an activating group) is 1. The average molecular weight is 292 g/mol. The van der Waals surface area contributed by atoms with Crippen LogP contribution in [0.3, 0.4) is 0 Å². The molecule has 2 bridgehead atoms. The van der Waals surface area contributed by atoms with Crippen LogP contribution in [0.15, 0.2) is 24.3 Å². The Kier molecular flexibility index (Phi) is 4.68. The fourth-order valence-corrected chi connectivity index (χ4v) is 4.72. The molecule has 0 spiro atoms. The van der Waals surface area contributed by atoms with Gasteiger partial charge in [0.2, 0.25) is 0 Å². The number of rotatable bonds is 6. The molecule has 2 saturated carbocycles. The zero-order chi connectivity index (χ0) is 13.9. The summed E-state index contributed by atoms with van der Waals surface area (Å²) in [4.78, 5) is 0. The minimum absolute atomic E-state index is 0.614. The fraction of sp³-hybridized carbons (Fsp3) is 0.667. The Morgan fingerprint density at radius 3 is 2.85 bits per heavy atom. The molecule has 4 unspecified atom stereocenters. The van der Waals surface area contributed by atoms with Crippen LogP contribution in [0, 0.1) is 17.8 Å². The van der Waals surface area contributed by atoms with E-state index in [0.29, 0.717) is 6.04 Å². The van der Waals surface area contributed by atoms with Gasteiger partial charge in [0, 0.05) is 11.1 Å². The molecule has 110 valence electrons. The van der Waals surface area contributed by atoms with Gasteiger partial charge in [0.1, 0.15) is 0 Å². The Bertz CT molecular complexity index is 445. The van der Waals surface area contributed by atoms with E-state index in [9.17, 15) is 0 Å². The SMILES string of the molecule is CCNC(Cc1cccc(Cl)c1)CC1CC2CCC1C2. The number of hydrogen-bond donors (Lipinski definition) is 1. The fourth-order valence-electron chi connectivity index (χ4n) is 4.51. The van der Waals surface area contributed by atoms with Gasteiger partial charge in [-0.2, -0.15) is 0 Å². The van der Waals surface area contributed by atoms with E-state index in [-0.39, 0.29) is 0 Å². The van der Waals surface area contributed by atoms with Crippen molar-refractivity contribution < 1.29 is 0 Å². The van der Waals surface area contributed by atoms with Crippen LogP contribution >= 0.6 is 11.6 Å². The second-order valence-electron chi connectivity index (χ2n) is 6.76. The zero-order valence-corrected chi connectivity index (χ0v) is 13.2. The summed E-state index contributed by atoms with van der Waals surface area (Å²) in [7, 11) is 0. The Morgan fingerprint density at radius 2 is 2.20 bits per heavy atom. The van der Waals surface area contributed by atoms with Crippen molar-refractivity contribution in [3.05, 3.63) is 34.9 Å². The van der Waals surface area contributed by atoms with Gasteiger partial charge in [-0.1, -0.05) is 37.1 Å². The predicted octanol–water partition coefficient (Wildman–Crippen LogP) is 4.69. The van der Waals surface area contributed by atoms with Crippen LogP contribution in [0.5, 0.6) is 0 Å². The number of hydrogen-bond acceptors (Lipinski definition) is 1. The molecule has 0 radical (unpaired) electrons. The highest BCUT2D eigenvalue weighted by Crippen LogP contribution is 2.50. The predicted molar refractivity (Wildman–Crippen MR) is 86.2 cm³/mol. The molecule has 4 atom stereocenters. The third-order valence-corrected chi connectivity index (χ3v) is 5.57. The standard InChI is InChI=1S/C18H26ClN/c1-2-20-18(11-13-4-3-5-17(19)10-13)12-16-9-14-6-7-15(16)8-14/h3-5,10,14-16,18,20H,2,6-9,11-12H2,1H3. The molecule has 3 rings (SSSR count). The van der Waals surface area contributed by atoms with Gasteiger partial charge >= 0.3 is 0 Å². The van der Waals surface area contributed by atoms with E-state index in [1.165, 1.54) is 37.7 Å². The first-order chi connectivity index (χ1) is 9.74. The van der Waals surface area contributed by atoms with Crippen LogP contribution in [0.1, 0.15) is 44.6 Å². The maximum atomic E-state index is 6.11. The second kappa shape index (κ2) is 6.49. The summed E-state index contributed by atoms with van der Waals surface area (Å²) >= 11 is 6.11. The molecule has 1 aromatic carbocycles. The lowest BCUT2D eigenvalue weighted by Crippen LogP contribution is -2.34. The number of benzene rings is 1. The van der Waals surface area contributed by atoms with E-state index in [1.54, 1.807) is 0 Å². The Morgan fingerprint density at radius 1 is 1.30 bits per heavy atom. The lowest BCUT2D eigenvalue weighted by Gasteiger charge is -2.27. The Labute approximate surface area is 128 Å². The molecular formula is C18H26ClN. The minimum atomic E-state index is 0.614. The summed E-state index contributed by atoms with van der Waals surface area (Å²) in [5.41, 5.74) is 1.37. The smallest absolute Gasteiger partial charge is 0.0408 e. The van der Waals surface area contributed by atoms with Gasteiger partial charge in [-0.3, -0.25) is 0 Å². The highest BCUT2D eigenvalue weighted by atomic mass is 35.5. The molecule has 1 aromatic rings. The second-order valence-corrected chi connectivity index (χ2v) is 7.20. The lowest BCUT2D eigenvalue weighted by atomic mass is 9.83. The van der Waals surface area contributed by atoms with Gasteiger partial charge in [-0.05, 0) is 74.1 Å². The first-order valence-corrected chi connectivity index (χ1v) is 8.60. The van der Waals surface area contributed by atoms with Crippen LogP contribution in [-0.2, 0) is 6.42 Å². The number of nitrogens with one attached hydrogen (secondary N) is 1. The third kappa shape index (κ3) is 3.38. The third-order valence-electron chi connectivity index (χ3n) is 5.34. The maximum absolute atomic E-state index is 6.11. The monoisotopic (exact) mass is 291 g/mol. The zero-order valence-electron chi connectivity index (χ0n) is 12.4. The van der Waals surface area contributed by atoms with E-state index >= 15 is 0 Å². The van der Waals surface area contributed by atoms with Gasteiger partial charge in [-0.15, -0.1) is 0 Å². The molecule has 0 aliphatic heterocycles. The quantitative estimate of drug-likeness (QED) is 0.802. The van der Waals surface area contributed by atoms with Crippen molar-refractivity contribution in [2.45, 2.75) is 51.5 Å². The highest BCUT2D eigenvalue weighted by molar-refractivity contribution is 6.30. The Hall–Kier alpha value is -0.530. The molecular weight excluding hydrogens is 266 g/mol. The molecule has 0 amide bonds. The normalized spacial score (nSPS) is 29.8. The molecule has 1 nitrogen and oxygen atoms in total. The highest BCUT2D eigenvalue weighted by Gasteiger charge is 2.39. The Balaban J connectivity index is 1.60. The van der Waals surface area contributed by atoms with E-state index in [4.69, 9.17) is 11.6 Å². The molecule has 2 heteroatoms. The van der Waals surface area contributed by atoms with Crippen LogP contribution in [0.4, 0.5) is 0 Å². The van der Waals surface area contributed by atoms with E-state index in [1.807, 2.05) is 6.07 Å². The molecule has 0 saturated heterocycles. The van der Waals surface area contributed by atoms with Gasteiger partial charge in [0.25, 0.3) is 0 Å². The van der Waals surface area contributed by atoms with E-state index in [2.05, 4.69) is 30.4 Å². The molecule has 2 fully saturated rings. The van der Waals surface area contributed by atoms with Crippen LogP contribution in [0.2, 0.25) is 5.02 Å². The summed E-state index contributed by atoms with van der Waals surface area (Å²) in [6.45, 7) is 3.28. The largest absolute Gasteiger partial charge is 0.314 e. The van der Waals surface area contributed by atoms with Crippen molar-refractivity contribution in [2.24, 2.45) is 17.8 Å². The number of halogens is 1. The molecule has 1 N–H and O–H groups in total. The van der Waals surface area contributed by atoms with Crippen LogP contribution in [0.25, 0.3) is 0 Å². The minimum Gasteiger partial charge on any atom is -0.314 e. The van der Waals surface area contributed by atoms with Gasteiger partial charge in [-0.25, -0.2) is 0 Å².